The van der Waals surface area contributed by atoms with Crippen molar-refractivity contribution in [1.29, 1.82) is 0 Å². The van der Waals surface area contributed by atoms with Crippen LogP contribution in [0.25, 0.3) is 0 Å². The van der Waals surface area contributed by atoms with E-state index in [2.05, 4.69) is 28.5 Å². The number of esters is 3. The fraction of sp³-hybridized carbons (Fsp3) is 0.265. The molecule has 69 heavy (non-hydrogen) atoms. The topological polar surface area (TPSA) is 239 Å². The monoisotopic (exact) mass is 1020 g/mol. The molecule has 0 radical (unpaired) electrons. The maximum absolute atomic E-state index is 12.3. The van der Waals surface area contributed by atoms with E-state index < -0.39 is 40.2 Å². The summed E-state index contributed by atoms with van der Waals surface area (Å²) in [6.45, 7) is 5.92. The summed E-state index contributed by atoms with van der Waals surface area (Å²) in [5.74, 6) is -0.336. The number of ether oxygens (including phenoxy) is 4. The minimum absolute atomic E-state index is 0.0656. The molecular formula is C49H56Cl3N3O14. The highest BCUT2D eigenvalue weighted by Crippen LogP contribution is 2.26. The number of hydrogen-bond acceptors (Lipinski definition) is 15. The maximum atomic E-state index is 12.3. The molecule has 20 heteroatoms. The van der Waals surface area contributed by atoms with Crippen LogP contribution in [0.2, 0.25) is 0 Å². The molecule has 0 bridgehead atoms. The SMILES string of the molecule is CCOC(=O)C(Cc1ccc(O)cc1)NC.CCOC(=O)C(c1ccc(O)cc1)N(C)C(=O)Cl.CCOC(=O)C(c1ccc(O)cc1)N(C)C(=O)Oc1ccccc1.O=C(Cl)Cl.Oc1ccccc1. The van der Waals surface area contributed by atoms with Gasteiger partial charge in [-0.3, -0.25) is 19.3 Å². The summed E-state index contributed by atoms with van der Waals surface area (Å²) in [6, 6.07) is 33.8. The molecule has 0 aromatic heterocycles. The molecule has 0 aliphatic carbocycles. The number of hydrogen-bond donors (Lipinski definition) is 5. The predicted molar refractivity (Wildman–Crippen MR) is 261 cm³/mol. The third kappa shape index (κ3) is 24.0. The van der Waals surface area contributed by atoms with Gasteiger partial charge in [0.15, 0.2) is 12.1 Å². The Hall–Kier alpha value is -7.05. The Morgan fingerprint density at radius 2 is 0.870 bits per heavy atom. The molecule has 5 aromatic rings. The Morgan fingerprint density at radius 1 is 0.522 bits per heavy atom. The van der Waals surface area contributed by atoms with Crippen LogP contribution in [0.5, 0.6) is 28.7 Å². The second-order valence-corrected chi connectivity index (χ2v) is 14.9. The number of likely N-dealkylation sites (N-methyl/N-ethyl adjacent to an activating group) is 3. The molecule has 0 spiro atoms. The van der Waals surface area contributed by atoms with Gasteiger partial charge in [-0.15, -0.1) is 0 Å². The van der Waals surface area contributed by atoms with Gasteiger partial charge < -0.3 is 49.6 Å². The summed E-state index contributed by atoms with van der Waals surface area (Å²) < 4.78 is 19.3. The molecule has 5 N–H and O–H groups in total. The van der Waals surface area contributed by atoms with E-state index in [-0.39, 0.29) is 42.5 Å². The lowest BCUT2D eigenvalue weighted by Gasteiger charge is -2.26. The van der Waals surface area contributed by atoms with Crippen LogP contribution in [-0.4, -0.2) is 111 Å². The van der Waals surface area contributed by atoms with Crippen LogP contribution < -0.4 is 10.1 Å². The molecule has 0 fully saturated rings. The molecule has 5 rings (SSSR count). The van der Waals surface area contributed by atoms with Crippen LogP contribution in [-0.2, 0) is 35.0 Å². The Balaban J connectivity index is 0.000000472. The summed E-state index contributed by atoms with van der Waals surface area (Å²) in [5.41, 5.74) is 2.01. The normalized spacial score (nSPS) is 11.1. The first-order chi connectivity index (χ1) is 32.8. The molecule has 0 saturated carbocycles. The number of halogens is 3. The number of aromatic hydroxyl groups is 4. The number of para-hydroxylation sites is 2. The molecule has 3 atom stereocenters. The first-order valence-corrected chi connectivity index (χ1v) is 22.0. The smallest absolute Gasteiger partial charge is 0.415 e. The highest BCUT2D eigenvalue weighted by molar-refractivity contribution is 6.93. The zero-order valence-corrected chi connectivity index (χ0v) is 40.9. The number of carbonyl (C=O) groups is 6. The summed E-state index contributed by atoms with van der Waals surface area (Å²) in [6.07, 6.45) is -0.136. The molecule has 0 aliphatic heterocycles. The van der Waals surface area contributed by atoms with Crippen molar-refractivity contribution in [3.05, 3.63) is 150 Å². The first-order valence-electron chi connectivity index (χ1n) is 20.8. The lowest BCUT2D eigenvalue weighted by molar-refractivity contribution is -0.149. The minimum Gasteiger partial charge on any atom is -0.508 e. The molecule has 0 aliphatic rings. The fourth-order valence-corrected chi connectivity index (χ4v) is 5.60. The van der Waals surface area contributed by atoms with Gasteiger partial charge in [-0.2, -0.15) is 0 Å². The van der Waals surface area contributed by atoms with E-state index in [4.69, 9.17) is 45.6 Å². The number of benzene rings is 5. The number of phenols is 4. The number of carbonyl (C=O) groups excluding carboxylic acids is 6. The molecule has 0 saturated heterocycles. The number of phenolic OH excluding ortho intramolecular Hbond substituents is 4. The van der Waals surface area contributed by atoms with Crippen molar-refractivity contribution < 1.29 is 68.1 Å². The lowest BCUT2D eigenvalue weighted by atomic mass is 10.1. The van der Waals surface area contributed by atoms with E-state index in [0.29, 0.717) is 35.7 Å². The summed E-state index contributed by atoms with van der Waals surface area (Å²) in [7, 11) is 4.59. The average Bonchev–Trinajstić information content (AvgIpc) is 3.31. The first kappa shape index (κ1) is 60.0. The second kappa shape index (κ2) is 33.4. The number of rotatable bonds is 14. The molecule has 5 aromatic carbocycles. The highest BCUT2D eigenvalue weighted by Gasteiger charge is 2.32. The van der Waals surface area contributed by atoms with Crippen molar-refractivity contribution in [1.82, 2.24) is 15.1 Å². The predicted octanol–water partition coefficient (Wildman–Crippen LogP) is 9.48. The van der Waals surface area contributed by atoms with Crippen LogP contribution in [0.1, 0.15) is 49.5 Å². The minimum atomic E-state index is -0.971. The summed E-state index contributed by atoms with van der Waals surface area (Å²) in [5, 5.41) is 38.5. The van der Waals surface area contributed by atoms with E-state index in [1.165, 1.54) is 50.5 Å². The van der Waals surface area contributed by atoms with Gasteiger partial charge in [-0.25, -0.2) is 14.4 Å². The Labute approximate surface area is 415 Å². The largest absolute Gasteiger partial charge is 0.508 e. The zero-order valence-electron chi connectivity index (χ0n) is 38.7. The molecule has 3 unspecified atom stereocenters. The van der Waals surface area contributed by atoms with E-state index >= 15 is 0 Å². The number of nitrogens with one attached hydrogen (secondary N) is 1. The van der Waals surface area contributed by atoms with Crippen molar-refractivity contribution in [3.63, 3.8) is 0 Å². The number of nitrogens with zero attached hydrogens (tertiary/aromatic N) is 2. The number of amides is 2. The van der Waals surface area contributed by atoms with Gasteiger partial charge >= 0.3 is 34.1 Å². The Kier molecular flexibility index (Phi) is 29.1. The van der Waals surface area contributed by atoms with Gasteiger partial charge in [0.1, 0.15) is 34.8 Å². The molecule has 17 nitrogen and oxygen atoms in total. The van der Waals surface area contributed by atoms with Gasteiger partial charge in [-0.1, -0.05) is 72.8 Å². The van der Waals surface area contributed by atoms with Crippen LogP contribution in [0.4, 0.5) is 14.4 Å². The van der Waals surface area contributed by atoms with Gasteiger partial charge in [0, 0.05) is 14.1 Å². The van der Waals surface area contributed by atoms with Gasteiger partial charge in [-0.05, 0) is 146 Å². The lowest BCUT2D eigenvalue weighted by Crippen LogP contribution is -2.38. The van der Waals surface area contributed by atoms with E-state index in [1.807, 2.05) is 6.07 Å². The van der Waals surface area contributed by atoms with Crippen molar-refractivity contribution in [2.24, 2.45) is 0 Å². The van der Waals surface area contributed by atoms with Crippen molar-refractivity contribution in [3.8, 4) is 28.7 Å². The second-order valence-electron chi connectivity index (χ2n) is 13.7. The van der Waals surface area contributed by atoms with Crippen molar-refractivity contribution in [2.45, 2.75) is 45.3 Å². The van der Waals surface area contributed by atoms with Crippen LogP contribution >= 0.6 is 34.8 Å². The van der Waals surface area contributed by atoms with E-state index in [9.17, 15) is 34.2 Å². The average molecular weight is 1020 g/mol. The molecular weight excluding hydrogens is 961 g/mol. The third-order valence-corrected chi connectivity index (χ3v) is 9.04. The van der Waals surface area contributed by atoms with Crippen LogP contribution in [0.15, 0.2) is 133 Å². The highest BCUT2D eigenvalue weighted by atomic mass is 35.5. The van der Waals surface area contributed by atoms with Crippen LogP contribution in [0.3, 0.4) is 0 Å². The zero-order chi connectivity index (χ0) is 51.9. The van der Waals surface area contributed by atoms with Crippen LogP contribution in [0, 0.1) is 0 Å². The molecule has 2 amide bonds. The standard InChI is InChI=1S/C18H19NO5.C12H14ClNO4.C12H17NO3.C6H6O.CCl2O/c1-3-23-17(21)16(13-9-11-14(20)12-10-13)19(2)18(22)24-15-7-5-4-6-8-15;1-3-18-11(16)10(14(2)12(13)17)8-4-6-9(15)7-5-8;1-3-16-12(15)11(13-2)8-9-4-6-10(14)7-5-9;7-6-4-2-1-3-5-6;2-1(3)4/h4-12,16,20H,3H2,1-2H3;4-7,10,15H,3H2,1-2H3;4-7,11,13-14H,3,8H2,1-2H3;1-5,7H;. The quantitative estimate of drug-likeness (QED) is 0.0301. The Bertz CT molecular complexity index is 2290. The summed E-state index contributed by atoms with van der Waals surface area (Å²) in [4.78, 5) is 70.4. The van der Waals surface area contributed by atoms with E-state index in [1.54, 1.807) is 119 Å². The van der Waals surface area contributed by atoms with E-state index in [0.717, 1.165) is 15.4 Å². The maximum Gasteiger partial charge on any atom is 0.415 e. The van der Waals surface area contributed by atoms with Crippen molar-refractivity contribution >= 4 is 68.9 Å². The van der Waals surface area contributed by atoms with Gasteiger partial charge in [0.05, 0.1) is 19.8 Å². The molecule has 372 valence electrons. The van der Waals surface area contributed by atoms with Crippen molar-refractivity contribution in [2.75, 3.05) is 41.0 Å². The third-order valence-electron chi connectivity index (χ3n) is 8.78. The Morgan fingerprint density at radius 3 is 1.22 bits per heavy atom. The van der Waals surface area contributed by atoms with Gasteiger partial charge in [0.25, 0.3) is 0 Å². The summed E-state index contributed by atoms with van der Waals surface area (Å²) >= 11 is 14.2. The fourth-order valence-electron chi connectivity index (χ4n) is 5.50. The molecule has 0 heterocycles. The van der Waals surface area contributed by atoms with Gasteiger partial charge in [0.2, 0.25) is 0 Å².